The molecule has 0 aromatic carbocycles. The first-order chi connectivity index (χ1) is 11.5. The minimum Gasteiger partial charge on any atom is -0.460 e. The lowest BCUT2D eigenvalue weighted by Crippen LogP contribution is -2.28. The van der Waals surface area contributed by atoms with Gasteiger partial charge >= 0.3 is 0 Å². The highest BCUT2D eigenvalue weighted by Crippen LogP contribution is 2.24. The van der Waals surface area contributed by atoms with E-state index in [9.17, 15) is 4.79 Å². The van der Waals surface area contributed by atoms with Gasteiger partial charge in [0.25, 0.3) is 5.91 Å². The van der Waals surface area contributed by atoms with E-state index in [2.05, 4.69) is 16.9 Å². The molecule has 0 spiro atoms. The molecular weight excluding hydrogens is 302 g/mol. The molecule has 0 fully saturated rings. The Morgan fingerprint density at radius 1 is 1.38 bits per heavy atom. The Morgan fingerprint density at radius 2 is 2.21 bits per heavy atom. The largest absolute Gasteiger partial charge is 0.460 e. The molecule has 3 aromatic rings. The first kappa shape index (κ1) is 16.1. The van der Waals surface area contributed by atoms with Gasteiger partial charge in [-0.25, -0.2) is 0 Å². The molecule has 124 valence electrons. The summed E-state index contributed by atoms with van der Waals surface area (Å²) in [7, 11) is 0. The summed E-state index contributed by atoms with van der Waals surface area (Å²) in [5.41, 5.74) is 4.18. The average molecular weight is 323 g/mol. The van der Waals surface area contributed by atoms with E-state index in [0.29, 0.717) is 25.2 Å². The number of hydrogen-bond donors (Lipinski definition) is 1. The number of nitrogens with zero attached hydrogens (tertiary/aromatic N) is 2. The van der Waals surface area contributed by atoms with Crippen LogP contribution in [0.5, 0.6) is 0 Å². The molecule has 0 saturated carbocycles. The normalized spacial score (nSPS) is 10.9. The Labute approximate surface area is 141 Å². The summed E-state index contributed by atoms with van der Waals surface area (Å²) in [5.74, 6) is 0.716. The third-order valence-electron chi connectivity index (χ3n) is 3.77. The zero-order valence-corrected chi connectivity index (χ0v) is 14.0. The standard InChI is InChI=1S/C19H21N3O2/c1-13(2)12-22-16-10-14(3)24-18(16)11-17(22)19(23)21-9-7-15-6-4-5-8-20-15/h4-6,8,10-11H,1,7,9,12H2,2-3H3,(H,21,23). The fraction of sp³-hybridized carbons (Fsp3) is 0.263. The van der Waals surface area contributed by atoms with Gasteiger partial charge in [0.2, 0.25) is 0 Å². The second-order valence-corrected chi connectivity index (χ2v) is 6.01. The minimum absolute atomic E-state index is 0.115. The van der Waals surface area contributed by atoms with Gasteiger partial charge in [0, 0.05) is 43.5 Å². The van der Waals surface area contributed by atoms with E-state index < -0.39 is 0 Å². The predicted molar refractivity (Wildman–Crippen MR) is 94.0 cm³/mol. The van der Waals surface area contributed by atoms with E-state index in [1.54, 1.807) is 12.3 Å². The van der Waals surface area contributed by atoms with E-state index >= 15 is 0 Å². The van der Waals surface area contributed by atoms with E-state index in [0.717, 1.165) is 28.1 Å². The number of pyridine rings is 1. The fourth-order valence-electron chi connectivity index (χ4n) is 2.73. The number of carbonyl (C=O) groups excluding carboxylic acids is 1. The van der Waals surface area contributed by atoms with Crippen molar-refractivity contribution in [1.29, 1.82) is 0 Å². The lowest BCUT2D eigenvalue weighted by molar-refractivity contribution is 0.0945. The van der Waals surface area contributed by atoms with Crippen LogP contribution in [0.3, 0.4) is 0 Å². The molecule has 0 aliphatic rings. The van der Waals surface area contributed by atoms with Gasteiger partial charge in [0.05, 0.1) is 5.52 Å². The van der Waals surface area contributed by atoms with E-state index in [1.807, 2.05) is 42.7 Å². The van der Waals surface area contributed by atoms with Crippen molar-refractivity contribution in [2.24, 2.45) is 0 Å². The van der Waals surface area contributed by atoms with Crippen LogP contribution in [0, 0.1) is 6.92 Å². The van der Waals surface area contributed by atoms with Crippen molar-refractivity contribution in [3.8, 4) is 0 Å². The summed E-state index contributed by atoms with van der Waals surface area (Å²) < 4.78 is 7.60. The Morgan fingerprint density at radius 3 is 2.92 bits per heavy atom. The van der Waals surface area contributed by atoms with Crippen molar-refractivity contribution in [3.05, 3.63) is 65.8 Å². The number of rotatable bonds is 6. The first-order valence-electron chi connectivity index (χ1n) is 7.97. The molecule has 0 atom stereocenters. The molecule has 0 radical (unpaired) electrons. The van der Waals surface area contributed by atoms with Crippen LogP contribution in [-0.4, -0.2) is 22.0 Å². The lowest BCUT2D eigenvalue weighted by Gasteiger charge is -2.10. The van der Waals surface area contributed by atoms with Gasteiger partial charge in [-0.1, -0.05) is 18.2 Å². The number of allylic oxidation sites excluding steroid dienone is 1. The number of carbonyl (C=O) groups is 1. The molecule has 0 aliphatic heterocycles. The molecule has 5 nitrogen and oxygen atoms in total. The summed E-state index contributed by atoms with van der Waals surface area (Å²) in [5, 5.41) is 2.96. The summed E-state index contributed by atoms with van der Waals surface area (Å²) in [6, 6.07) is 9.51. The smallest absolute Gasteiger partial charge is 0.268 e. The zero-order valence-electron chi connectivity index (χ0n) is 14.0. The van der Waals surface area contributed by atoms with Crippen molar-refractivity contribution in [3.63, 3.8) is 0 Å². The fourth-order valence-corrected chi connectivity index (χ4v) is 2.73. The van der Waals surface area contributed by atoms with E-state index in [4.69, 9.17) is 4.42 Å². The maximum absolute atomic E-state index is 12.6. The molecule has 1 N–H and O–H groups in total. The van der Waals surface area contributed by atoms with Crippen LogP contribution < -0.4 is 5.32 Å². The third-order valence-corrected chi connectivity index (χ3v) is 3.77. The Balaban J connectivity index is 1.76. The van der Waals surface area contributed by atoms with Crippen molar-refractivity contribution < 1.29 is 9.21 Å². The minimum atomic E-state index is -0.115. The number of nitrogens with one attached hydrogen (secondary N) is 1. The van der Waals surface area contributed by atoms with Gasteiger partial charge in [0.1, 0.15) is 11.5 Å². The molecule has 0 bridgehead atoms. The van der Waals surface area contributed by atoms with Crippen molar-refractivity contribution in [2.75, 3.05) is 6.54 Å². The number of hydrogen-bond acceptors (Lipinski definition) is 3. The highest BCUT2D eigenvalue weighted by molar-refractivity contribution is 5.97. The van der Waals surface area contributed by atoms with Crippen LogP contribution >= 0.6 is 0 Å². The number of fused-ring (bicyclic) bond motifs is 1. The highest BCUT2D eigenvalue weighted by Gasteiger charge is 2.18. The van der Waals surface area contributed by atoms with Gasteiger partial charge < -0.3 is 14.3 Å². The maximum Gasteiger partial charge on any atom is 0.268 e. The first-order valence-corrected chi connectivity index (χ1v) is 7.97. The molecule has 0 unspecified atom stereocenters. The van der Waals surface area contributed by atoms with Gasteiger partial charge in [-0.05, 0) is 26.0 Å². The third kappa shape index (κ3) is 3.40. The monoisotopic (exact) mass is 323 g/mol. The Kier molecular flexibility index (Phi) is 4.51. The van der Waals surface area contributed by atoms with Gasteiger partial charge in [-0.2, -0.15) is 0 Å². The van der Waals surface area contributed by atoms with Crippen LogP contribution in [0.2, 0.25) is 0 Å². The molecule has 0 aliphatic carbocycles. The Hall–Kier alpha value is -2.82. The maximum atomic E-state index is 12.6. The number of aryl methyl sites for hydroxylation is 1. The molecule has 3 heterocycles. The number of amides is 1. The molecule has 5 heteroatoms. The van der Waals surface area contributed by atoms with Crippen molar-refractivity contribution in [2.45, 2.75) is 26.8 Å². The van der Waals surface area contributed by atoms with Crippen LogP contribution in [0.1, 0.15) is 28.9 Å². The quantitative estimate of drug-likeness (QED) is 0.706. The molecule has 3 aromatic heterocycles. The summed E-state index contributed by atoms with van der Waals surface area (Å²) in [6.07, 6.45) is 2.45. The molecule has 1 amide bonds. The molecular formula is C19H21N3O2. The van der Waals surface area contributed by atoms with Gasteiger partial charge in [-0.3, -0.25) is 9.78 Å². The van der Waals surface area contributed by atoms with Crippen LogP contribution in [0.4, 0.5) is 0 Å². The van der Waals surface area contributed by atoms with Gasteiger partial charge in [-0.15, -0.1) is 0 Å². The highest BCUT2D eigenvalue weighted by atomic mass is 16.3. The van der Waals surface area contributed by atoms with Crippen molar-refractivity contribution in [1.82, 2.24) is 14.9 Å². The van der Waals surface area contributed by atoms with Crippen LogP contribution in [-0.2, 0) is 13.0 Å². The van der Waals surface area contributed by atoms with Crippen LogP contribution in [0.25, 0.3) is 11.1 Å². The zero-order chi connectivity index (χ0) is 17.1. The van der Waals surface area contributed by atoms with Gasteiger partial charge in [0.15, 0.2) is 5.58 Å². The van der Waals surface area contributed by atoms with Crippen molar-refractivity contribution >= 4 is 17.0 Å². The SMILES string of the molecule is C=C(C)Cn1c(C(=O)NCCc2ccccn2)cc2oc(C)cc21. The van der Waals surface area contributed by atoms with E-state index in [-0.39, 0.29) is 5.91 Å². The number of aromatic nitrogens is 2. The second-order valence-electron chi connectivity index (χ2n) is 6.01. The second kappa shape index (κ2) is 6.74. The Bertz CT molecular complexity index is 875. The summed E-state index contributed by atoms with van der Waals surface area (Å²) in [6.45, 7) is 8.93. The summed E-state index contributed by atoms with van der Waals surface area (Å²) in [4.78, 5) is 16.8. The predicted octanol–water partition coefficient (Wildman–Crippen LogP) is 3.49. The molecule has 24 heavy (non-hydrogen) atoms. The topological polar surface area (TPSA) is 60.1 Å². The molecule has 0 saturated heterocycles. The average Bonchev–Trinajstić information content (AvgIpc) is 3.05. The number of furan rings is 1. The van der Waals surface area contributed by atoms with E-state index in [1.165, 1.54) is 0 Å². The summed E-state index contributed by atoms with van der Waals surface area (Å²) >= 11 is 0. The lowest BCUT2D eigenvalue weighted by atomic mass is 10.2. The molecule has 3 rings (SSSR count). The van der Waals surface area contributed by atoms with Crippen LogP contribution in [0.15, 0.2) is 53.1 Å².